The maximum Gasteiger partial charge on any atom is 0.266 e. The van der Waals surface area contributed by atoms with Crippen LogP contribution in [0.2, 0.25) is 0 Å². The second-order valence-corrected chi connectivity index (χ2v) is 7.60. The van der Waals surface area contributed by atoms with Gasteiger partial charge in [0.05, 0.1) is 24.8 Å². The summed E-state index contributed by atoms with van der Waals surface area (Å²) >= 11 is 0. The van der Waals surface area contributed by atoms with Gasteiger partial charge in [-0.2, -0.15) is 9.40 Å². The first-order valence-corrected chi connectivity index (χ1v) is 9.16. The highest BCUT2D eigenvalue weighted by atomic mass is 32.2. The lowest BCUT2D eigenvalue weighted by molar-refractivity contribution is 0.180. The van der Waals surface area contributed by atoms with Crippen LogP contribution in [0.5, 0.6) is 0 Å². The van der Waals surface area contributed by atoms with Crippen LogP contribution < -0.4 is 5.56 Å². The number of sulfonamides is 1. The zero-order valence-electron chi connectivity index (χ0n) is 13.4. The summed E-state index contributed by atoms with van der Waals surface area (Å²) in [6, 6.07) is 3.20. The Balaban J connectivity index is 1.56. The lowest BCUT2D eigenvalue weighted by Crippen LogP contribution is -2.49. The standard InChI is InChI=1S/C14H20N6O3S/c1-12-2-3-14(21)20(17-12)9-6-18-4-7-19(8-5-18)24(22,23)13-10-15-11-16-13/h2-3,10-11H,4-9H2,1H3,(H,15,16). The number of hydrogen-bond acceptors (Lipinski definition) is 6. The van der Waals surface area contributed by atoms with Crippen LogP contribution in [0, 0.1) is 6.92 Å². The molecule has 9 nitrogen and oxygen atoms in total. The topological polar surface area (TPSA) is 104 Å². The van der Waals surface area contributed by atoms with E-state index in [1.165, 1.54) is 27.6 Å². The summed E-state index contributed by atoms with van der Waals surface area (Å²) in [7, 11) is -3.50. The predicted octanol–water partition coefficient (Wildman–Crippen LogP) is -0.719. The summed E-state index contributed by atoms with van der Waals surface area (Å²) in [6.07, 6.45) is 2.67. The second-order valence-electron chi connectivity index (χ2n) is 5.70. The molecule has 1 N–H and O–H groups in total. The van der Waals surface area contributed by atoms with E-state index < -0.39 is 10.0 Å². The minimum Gasteiger partial charge on any atom is -0.335 e. The lowest BCUT2D eigenvalue weighted by Gasteiger charge is -2.33. The number of aromatic amines is 1. The van der Waals surface area contributed by atoms with E-state index in [2.05, 4.69) is 20.0 Å². The molecular weight excluding hydrogens is 332 g/mol. The minimum atomic E-state index is -3.50. The number of H-pyrrole nitrogens is 1. The minimum absolute atomic E-state index is 0.117. The summed E-state index contributed by atoms with van der Waals surface area (Å²) in [6.45, 7) is 5.06. The van der Waals surface area contributed by atoms with Crippen LogP contribution in [0.4, 0.5) is 0 Å². The molecule has 0 saturated carbocycles. The van der Waals surface area contributed by atoms with Gasteiger partial charge in [-0.25, -0.2) is 18.1 Å². The van der Waals surface area contributed by atoms with Crippen molar-refractivity contribution in [1.29, 1.82) is 0 Å². The number of piperazine rings is 1. The molecule has 0 atom stereocenters. The van der Waals surface area contributed by atoms with Crippen molar-refractivity contribution in [3.8, 4) is 0 Å². The quantitative estimate of drug-likeness (QED) is 0.762. The van der Waals surface area contributed by atoms with Gasteiger partial charge in [-0.05, 0) is 13.0 Å². The van der Waals surface area contributed by atoms with E-state index in [4.69, 9.17) is 0 Å². The van der Waals surface area contributed by atoms with Gasteiger partial charge in [0.1, 0.15) is 0 Å². The number of imidazole rings is 1. The van der Waals surface area contributed by atoms with E-state index in [0.717, 1.165) is 5.69 Å². The van der Waals surface area contributed by atoms with Gasteiger partial charge in [0.2, 0.25) is 0 Å². The Bertz CT molecular complexity index is 838. The van der Waals surface area contributed by atoms with Gasteiger partial charge in [-0.1, -0.05) is 0 Å². The largest absolute Gasteiger partial charge is 0.335 e. The van der Waals surface area contributed by atoms with Crippen molar-refractivity contribution in [1.82, 2.24) is 29.0 Å². The summed E-state index contributed by atoms with van der Waals surface area (Å²) in [5.74, 6) is 0. The molecule has 2 aromatic heterocycles. The summed E-state index contributed by atoms with van der Waals surface area (Å²) in [5, 5.41) is 4.32. The molecule has 0 radical (unpaired) electrons. The highest BCUT2D eigenvalue weighted by molar-refractivity contribution is 7.89. The molecule has 10 heteroatoms. The maximum absolute atomic E-state index is 12.4. The van der Waals surface area contributed by atoms with E-state index in [9.17, 15) is 13.2 Å². The number of aryl methyl sites for hydroxylation is 1. The van der Waals surface area contributed by atoms with Gasteiger partial charge in [-0.15, -0.1) is 0 Å². The molecule has 24 heavy (non-hydrogen) atoms. The van der Waals surface area contributed by atoms with E-state index in [1.807, 2.05) is 6.92 Å². The fraction of sp³-hybridized carbons (Fsp3) is 0.500. The van der Waals surface area contributed by atoms with Gasteiger partial charge in [-0.3, -0.25) is 9.69 Å². The van der Waals surface area contributed by atoms with Gasteiger partial charge < -0.3 is 4.98 Å². The summed E-state index contributed by atoms with van der Waals surface area (Å²) < 4.78 is 27.7. The Kier molecular flexibility index (Phi) is 4.78. The second kappa shape index (κ2) is 6.83. The van der Waals surface area contributed by atoms with Crippen molar-refractivity contribution in [2.45, 2.75) is 18.5 Å². The zero-order valence-corrected chi connectivity index (χ0v) is 14.2. The van der Waals surface area contributed by atoms with Gasteiger partial charge >= 0.3 is 0 Å². The molecule has 1 saturated heterocycles. The third-order valence-corrected chi connectivity index (χ3v) is 5.87. The number of nitrogens with one attached hydrogen (secondary N) is 1. The Morgan fingerprint density at radius 3 is 2.58 bits per heavy atom. The van der Waals surface area contributed by atoms with Crippen molar-refractivity contribution in [2.24, 2.45) is 0 Å². The van der Waals surface area contributed by atoms with Crippen LogP contribution in [0.25, 0.3) is 0 Å². The van der Waals surface area contributed by atoms with E-state index in [-0.39, 0.29) is 10.6 Å². The Hall–Kier alpha value is -2.04. The lowest BCUT2D eigenvalue weighted by atomic mass is 10.3. The third kappa shape index (κ3) is 3.55. The number of hydrogen-bond donors (Lipinski definition) is 1. The van der Waals surface area contributed by atoms with E-state index in [0.29, 0.717) is 39.3 Å². The Morgan fingerprint density at radius 1 is 1.17 bits per heavy atom. The first-order chi connectivity index (χ1) is 11.5. The van der Waals surface area contributed by atoms with Crippen molar-refractivity contribution in [2.75, 3.05) is 32.7 Å². The molecule has 1 fully saturated rings. The van der Waals surface area contributed by atoms with Crippen LogP contribution in [0.1, 0.15) is 5.69 Å². The number of aromatic nitrogens is 4. The molecule has 0 aliphatic carbocycles. The van der Waals surface area contributed by atoms with E-state index >= 15 is 0 Å². The van der Waals surface area contributed by atoms with Crippen molar-refractivity contribution >= 4 is 10.0 Å². The maximum atomic E-state index is 12.4. The van der Waals surface area contributed by atoms with Crippen LogP contribution >= 0.6 is 0 Å². The first kappa shape index (κ1) is 16.8. The smallest absolute Gasteiger partial charge is 0.266 e. The molecule has 3 rings (SSSR count). The van der Waals surface area contributed by atoms with Crippen molar-refractivity contribution in [3.05, 3.63) is 40.7 Å². The van der Waals surface area contributed by atoms with Crippen molar-refractivity contribution in [3.63, 3.8) is 0 Å². The fourth-order valence-electron chi connectivity index (χ4n) is 2.66. The highest BCUT2D eigenvalue weighted by Gasteiger charge is 2.29. The molecule has 0 amide bonds. The van der Waals surface area contributed by atoms with Crippen LogP contribution in [0.15, 0.2) is 34.5 Å². The van der Waals surface area contributed by atoms with Gasteiger partial charge in [0.15, 0.2) is 5.03 Å². The zero-order chi connectivity index (χ0) is 17.2. The van der Waals surface area contributed by atoms with Gasteiger partial charge in [0, 0.05) is 38.8 Å². The average Bonchev–Trinajstić information content (AvgIpc) is 3.11. The molecule has 2 aromatic rings. The van der Waals surface area contributed by atoms with Gasteiger partial charge in [0.25, 0.3) is 15.6 Å². The van der Waals surface area contributed by atoms with Crippen LogP contribution in [-0.2, 0) is 16.6 Å². The highest BCUT2D eigenvalue weighted by Crippen LogP contribution is 2.14. The molecule has 3 heterocycles. The average molecular weight is 352 g/mol. The van der Waals surface area contributed by atoms with Crippen LogP contribution in [0.3, 0.4) is 0 Å². The molecule has 0 unspecified atom stereocenters. The van der Waals surface area contributed by atoms with Crippen molar-refractivity contribution < 1.29 is 8.42 Å². The summed E-state index contributed by atoms with van der Waals surface area (Å²) in [5.41, 5.74) is 0.672. The first-order valence-electron chi connectivity index (χ1n) is 7.72. The molecule has 1 aliphatic rings. The molecule has 0 aromatic carbocycles. The predicted molar refractivity (Wildman–Crippen MR) is 87.0 cm³/mol. The summed E-state index contributed by atoms with van der Waals surface area (Å²) in [4.78, 5) is 20.3. The van der Waals surface area contributed by atoms with Crippen LogP contribution in [-0.4, -0.2) is 70.1 Å². The number of nitrogens with zero attached hydrogens (tertiary/aromatic N) is 5. The molecule has 130 valence electrons. The Labute approximate surface area is 140 Å². The fourth-order valence-corrected chi connectivity index (χ4v) is 3.98. The normalized spacial score (nSPS) is 17.2. The Morgan fingerprint density at radius 2 is 1.92 bits per heavy atom. The monoisotopic (exact) mass is 352 g/mol. The molecule has 0 spiro atoms. The molecule has 0 bridgehead atoms. The number of rotatable bonds is 5. The third-order valence-electron chi connectivity index (χ3n) is 4.05. The van der Waals surface area contributed by atoms with E-state index in [1.54, 1.807) is 6.07 Å². The molecule has 1 aliphatic heterocycles. The molecular formula is C14H20N6O3S. The SMILES string of the molecule is Cc1ccc(=O)n(CCN2CCN(S(=O)(=O)c3cnc[nH]3)CC2)n1.